The molecule has 1 heterocycles. The van der Waals surface area contributed by atoms with Gasteiger partial charge in [0.25, 0.3) is 0 Å². The highest BCUT2D eigenvalue weighted by molar-refractivity contribution is 5.20. The third-order valence-electron chi connectivity index (χ3n) is 3.18. The van der Waals surface area contributed by atoms with Gasteiger partial charge in [0.2, 0.25) is 0 Å². The number of halogens is 1. The van der Waals surface area contributed by atoms with Crippen LogP contribution in [-0.2, 0) is 0 Å². The van der Waals surface area contributed by atoms with E-state index in [-0.39, 0.29) is 0 Å². The van der Waals surface area contributed by atoms with Gasteiger partial charge in [-0.2, -0.15) is 0 Å². The molecule has 18 heavy (non-hydrogen) atoms. The summed E-state index contributed by atoms with van der Waals surface area (Å²) in [5.74, 6) is 0.887. The standard InChI is InChI=1S/C14H20FNO2/c15-13-10-16(11-14(13)17)8-4-5-9-18-12-6-2-1-3-7-12/h1-3,6-7,13-14,17H,4-5,8-11H2/t13-,14-/m1/s1. The number of rotatable bonds is 6. The van der Waals surface area contributed by atoms with E-state index >= 15 is 0 Å². The second-order valence-electron chi connectivity index (χ2n) is 4.71. The van der Waals surface area contributed by atoms with Crippen LogP contribution in [0.5, 0.6) is 5.75 Å². The van der Waals surface area contributed by atoms with E-state index in [4.69, 9.17) is 4.74 Å². The van der Waals surface area contributed by atoms with Crippen molar-refractivity contribution in [1.82, 2.24) is 4.90 Å². The van der Waals surface area contributed by atoms with Crippen molar-refractivity contribution in [3.63, 3.8) is 0 Å². The van der Waals surface area contributed by atoms with E-state index in [1.165, 1.54) is 0 Å². The third-order valence-corrected chi connectivity index (χ3v) is 3.18. The number of ether oxygens (including phenoxy) is 1. The maximum atomic E-state index is 13.0. The minimum atomic E-state index is -1.08. The fraction of sp³-hybridized carbons (Fsp3) is 0.571. The lowest BCUT2D eigenvalue weighted by Gasteiger charge is -2.14. The molecule has 0 radical (unpaired) electrons. The van der Waals surface area contributed by atoms with Gasteiger partial charge in [0, 0.05) is 13.1 Å². The average molecular weight is 253 g/mol. The first-order valence-corrected chi connectivity index (χ1v) is 6.48. The zero-order chi connectivity index (χ0) is 12.8. The van der Waals surface area contributed by atoms with Gasteiger partial charge in [-0.1, -0.05) is 18.2 Å². The van der Waals surface area contributed by atoms with Crippen molar-refractivity contribution in [2.45, 2.75) is 25.1 Å². The van der Waals surface area contributed by atoms with Crippen LogP contribution in [0.15, 0.2) is 30.3 Å². The minimum Gasteiger partial charge on any atom is -0.494 e. The Kier molecular flexibility index (Phi) is 4.96. The molecule has 0 aliphatic carbocycles. The normalized spacial score (nSPS) is 24.3. The molecule has 2 rings (SSSR count). The van der Waals surface area contributed by atoms with Gasteiger partial charge in [-0.3, -0.25) is 4.90 Å². The maximum absolute atomic E-state index is 13.0. The van der Waals surface area contributed by atoms with Crippen LogP contribution in [0.3, 0.4) is 0 Å². The Morgan fingerprint density at radius 1 is 1.22 bits per heavy atom. The van der Waals surface area contributed by atoms with Gasteiger partial charge < -0.3 is 9.84 Å². The fourth-order valence-corrected chi connectivity index (χ4v) is 2.15. The lowest BCUT2D eigenvalue weighted by molar-refractivity contribution is 0.115. The molecule has 0 saturated carbocycles. The number of likely N-dealkylation sites (tertiary alicyclic amines) is 1. The van der Waals surface area contributed by atoms with Gasteiger partial charge in [0.1, 0.15) is 11.9 Å². The van der Waals surface area contributed by atoms with Gasteiger partial charge in [0.15, 0.2) is 0 Å². The third kappa shape index (κ3) is 3.96. The van der Waals surface area contributed by atoms with Crippen molar-refractivity contribution in [2.75, 3.05) is 26.2 Å². The molecule has 1 N–H and O–H groups in total. The topological polar surface area (TPSA) is 32.7 Å². The van der Waals surface area contributed by atoms with E-state index in [1.54, 1.807) is 0 Å². The molecular formula is C14H20FNO2. The van der Waals surface area contributed by atoms with Crippen molar-refractivity contribution < 1.29 is 14.2 Å². The average Bonchev–Trinajstić information content (AvgIpc) is 2.70. The predicted molar refractivity (Wildman–Crippen MR) is 68.5 cm³/mol. The highest BCUT2D eigenvalue weighted by atomic mass is 19.1. The number of hydrogen-bond acceptors (Lipinski definition) is 3. The molecule has 1 fully saturated rings. The summed E-state index contributed by atoms with van der Waals surface area (Å²) in [7, 11) is 0. The van der Waals surface area contributed by atoms with E-state index in [0.29, 0.717) is 19.7 Å². The summed E-state index contributed by atoms with van der Waals surface area (Å²) in [5.41, 5.74) is 0. The number of β-amino-alcohol motifs (C(OH)–C–C–N with tert-alkyl or cyclic N) is 1. The fourth-order valence-electron chi connectivity index (χ4n) is 2.15. The quantitative estimate of drug-likeness (QED) is 0.785. The summed E-state index contributed by atoms with van der Waals surface area (Å²) in [4.78, 5) is 1.97. The Hall–Kier alpha value is -1.13. The summed E-state index contributed by atoms with van der Waals surface area (Å²) < 4.78 is 18.6. The van der Waals surface area contributed by atoms with Gasteiger partial charge in [-0.25, -0.2) is 4.39 Å². The van der Waals surface area contributed by atoms with Crippen LogP contribution in [-0.4, -0.2) is 48.5 Å². The highest BCUT2D eigenvalue weighted by Crippen LogP contribution is 2.14. The Morgan fingerprint density at radius 2 is 2.00 bits per heavy atom. The second-order valence-corrected chi connectivity index (χ2v) is 4.71. The zero-order valence-corrected chi connectivity index (χ0v) is 10.5. The Morgan fingerprint density at radius 3 is 2.67 bits per heavy atom. The molecule has 0 aromatic heterocycles. The smallest absolute Gasteiger partial charge is 0.140 e. The Labute approximate surface area is 107 Å². The number of alkyl halides is 1. The lowest BCUT2D eigenvalue weighted by atomic mass is 10.3. The number of para-hydroxylation sites is 1. The molecule has 0 spiro atoms. The van der Waals surface area contributed by atoms with Crippen LogP contribution in [0, 0.1) is 0 Å². The zero-order valence-electron chi connectivity index (χ0n) is 10.5. The highest BCUT2D eigenvalue weighted by Gasteiger charge is 2.30. The van der Waals surface area contributed by atoms with Crippen molar-refractivity contribution in [1.29, 1.82) is 0 Å². The summed E-state index contributed by atoms with van der Waals surface area (Å²) >= 11 is 0. The number of hydrogen-bond donors (Lipinski definition) is 1. The summed E-state index contributed by atoms with van der Waals surface area (Å²) in [6.07, 6.45) is 0.0289. The largest absolute Gasteiger partial charge is 0.494 e. The van der Waals surface area contributed by atoms with Crippen molar-refractivity contribution >= 4 is 0 Å². The SMILES string of the molecule is O[C@@H]1CN(CCCCOc2ccccc2)C[C@H]1F. The number of nitrogens with zero attached hydrogens (tertiary/aromatic N) is 1. The molecule has 1 aliphatic rings. The Bertz CT molecular complexity index is 337. The first-order chi connectivity index (χ1) is 8.75. The molecule has 0 unspecified atom stereocenters. The first kappa shape index (κ1) is 13.3. The van der Waals surface area contributed by atoms with Gasteiger partial charge in [0.05, 0.1) is 12.7 Å². The van der Waals surface area contributed by atoms with E-state index in [9.17, 15) is 9.50 Å². The molecule has 1 aromatic rings. The maximum Gasteiger partial charge on any atom is 0.140 e. The van der Waals surface area contributed by atoms with Crippen molar-refractivity contribution in [3.05, 3.63) is 30.3 Å². The monoisotopic (exact) mass is 253 g/mol. The van der Waals surface area contributed by atoms with Crippen LogP contribution in [0.1, 0.15) is 12.8 Å². The van der Waals surface area contributed by atoms with Crippen molar-refractivity contribution in [2.24, 2.45) is 0 Å². The Balaban J connectivity index is 1.54. The van der Waals surface area contributed by atoms with Crippen molar-refractivity contribution in [3.8, 4) is 5.75 Å². The lowest BCUT2D eigenvalue weighted by Crippen LogP contribution is -2.23. The van der Waals surface area contributed by atoms with Crippen LogP contribution in [0.2, 0.25) is 0 Å². The second kappa shape index (κ2) is 6.71. The molecule has 1 aliphatic heterocycles. The molecular weight excluding hydrogens is 233 g/mol. The number of unbranched alkanes of at least 4 members (excludes halogenated alkanes) is 1. The van der Waals surface area contributed by atoms with Gasteiger partial charge in [-0.15, -0.1) is 0 Å². The first-order valence-electron chi connectivity index (χ1n) is 6.48. The van der Waals surface area contributed by atoms with E-state index < -0.39 is 12.3 Å². The van der Waals surface area contributed by atoms with Crippen LogP contribution in [0.4, 0.5) is 4.39 Å². The molecule has 1 saturated heterocycles. The number of aliphatic hydroxyl groups is 1. The molecule has 4 heteroatoms. The molecule has 100 valence electrons. The minimum absolute atomic E-state index is 0.362. The van der Waals surface area contributed by atoms with E-state index in [2.05, 4.69) is 0 Å². The summed E-state index contributed by atoms with van der Waals surface area (Å²) in [5, 5.41) is 9.28. The van der Waals surface area contributed by atoms with E-state index in [1.807, 2.05) is 35.2 Å². The van der Waals surface area contributed by atoms with Crippen LogP contribution in [0.25, 0.3) is 0 Å². The van der Waals surface area contributed by atoms with Gasteiger partial charge in [-0.05, 0) is 31.5 Å². The molecule has 2 atom stereocenters. The van der Waals surface area contributed by atoms with Gasteiger partial charge >= 0.3 is 0 Å². The number of benzene rings is 1. The molecule has 1 aromatic carbocycles. The van der Waals surface area contributed by atoms with E-state index in [0.717, 1.165) is 25.1 Å². The molecule has 0 bridgehead atoms. The van der Waals surface area contributed by atoms with Crippen LogP contribution < -0.4 is 4.74 Å². The summed E-state index contributed by atoms with van der Waals surface area (Å²) in [6, 6.07) is 9.72. The predicted octanol–water partition coefficient (Wildman–Crippen LogP) is 1.86. The summed E-state index contributed by atoms with van der Waals surface area (Å²) in [6.45, 7) is 2.33. The number of aliphatic hydroxyl groups excluding tert-OH is 1. The molecule has 0 amide bonds. The molecule has 3 nitrogen and oxygen atoms in total. The van der Waals surface area contributed by atoms with Crippen LogP contribution >= 0.6 is 0 Å².